The van der Waals surface area contributed by atoms with Gasteiger partial charge in [-0.25, -0.2) is 4.79 Å². The maximum atomic E-state index is 12.5. The molecule has 0 bridgehead atoms. The molecule has 8 heteroatoms. The lowest BCUT2D eigenvalue weighted by molar-refractivity contribution is 0.0729. The number of esters is 1. The Balaban J connectivity index is 2.46. The van der Waals surface area contributed by atoms with Gasteiger partial charge in [0.1, 0.15) is 5.56 Å². The minimum Gasteiger partial charge on any atom is -0.494 e. The van der Waals surface area contributed by atoms with Gasteiger partial charge in [0.25, 0.3) is 0 Å². The van der Waals surface area contributed by atoms with Crippen LogP contribution in [0.4, 0.5) is 0 Å². The fourth-order valence-corrected chi connectivity index (χ4v) is 3.60. The van der Waals surface area contributed by atoms with Crippen LogP contribution in [0.2, 0.25) is 10.0 Å². The van der Waals surface area contributed by atoms with E-state index in [-0.39, 0.29) is 27.1 Å². The van der Waals surface area contributed by atoms with E-state index in [1.54, 1.807) is 0 Å². The van der Waals surface area contributed by atoms with E-state index in [0.717, 1.165) is 0 Å². The van der Waals surface area contributed by atoms with E-state index in [9.17, 15) is 4.79 Å². The summed E-state index contributed by atoms with van der Waals surface area (Å²) in [5.74, 6) is -0.391. The molecular weight excluding hydrogens is 473 g/mol. The molecule has 2 rings (SSSR count). The summed E-state index contributed by atoms with van der Waals surface area (Å²) >= 11 is 18.6. The number of hydrogen-bond donors (Lipinski definition) is 0. The highest BCUT2D eigenvalue weighted by Crippen LogP contribution is 2.38. The summed E-state index contributed by atoms with van der Waals surface area (Å²) in [5, 5.41) is 9.31. The number of carbonyl (C=O) groups is 1. The Morgan fingerprint density at radius 2 is 1.70 bits per heavy atom. The number of carbonyl (C=O) groups excluding carboxylic acids is 1. The molecule has 0 aliphatic rings. The molecule has 2 aromatic rings. The van der Waals surface area contributed by atoms with E-state index in [1.165, 1.54) is 31.4 Å². The number of nitrogens with zero attached hydrogens (tertiary/aromatic N) is 1. The SMILES string of the molecule is COc1c(Cl)ccc(Cl)c1C(=O)Oc1c(Br)cc(C#N)cc1Br. The molecule has 0 heterocycles. The molecule has 0 aliphatic heterocycles. The van der Waals surface area contributed by atoms with Gasteiger partial charge >= 0.3 is 5.97 Å². The maximum absolute atomic E-state index is 12.5. The van der Waals surface area contributed by atoms with Crippen molar-refractivity contribution in [3.05, 3.63) is 54.4 Å². The number of hydrogen-bond acceptors (Lipinski definition) is 4. The Hall–Kier alpha value is -1.26. The molecule has 0 aliphatic carbocycles. The van der Waals surface area contributed by atoms with Crippen LogP contribution in [-0.4, -0.2) is 13.1 Å². The topological polar surface area (TPSA) is 59.3 Å². The van der Waals surface area contributed by atoms with Crippen LogP contribution in [0.15, 0.2) is 33.2 Å². The average Bonchev–Trinajstić information content (AvgIpc) is 2.52. The van der Waals surface area contributed by atoms with Gasteiger partial charge in [0.05, 0.1) is 37.7 Å². The van der Waals surface area contributed by atoms with Gasteiger partial charge in [-0.1, -0.05) is 23.2 Å². The molecule has 0 spiro atoms. The zero-order chi connectivity index (χ0) is 17.1. The number of nitriles is 1. The summed E-state index contributed by atoms with van der Waals surface area (Å²) in [4.78, 5) is 12.5. The van der Waals surface area contributed by atoms with E-state index in [4.69, 9.17) is 37.9 Å². The smallest absolute Gasteiger partial charge is 0.349 e. The monoisotopic (exact) mass is 477 g/mol. The third kappa shape index (κ3) is 3.81. The Kier molecular flexibility index (Phi) is 5.93. The van der Waals surface area contributed by atoms with Crippen molar-refractivity contribution in [1.82, 2.24) is 0 Å². The van der Waals surface area contributed by atoms with E-state index < -0.39 is 5.97 Å². The van der Waals surface area contributed by atoms with E-state index in [0.29, 0.717) is 14.5 Å². The van der Waals surface area contributed by atoms with Gasteiger partial charge in [-0.3, -0.25) is 0 Å². The molecule has 23 heavy (non-hydrogen) atoms. The van der Waals surface area contributed by atoms with Crippen molar-refractivity contribution < 1.29 is 14.3 Å². The van der Waals surface area contributed by atoms with Gasteiger partial charge in [-0.05, 0) is 56.1 Å². The highest BCUT2D eigenvalue weighted by atomic mass is 79.9. The summed E-state index contributed by atoms with van der Waals surface area (Å²) in [6.07, 6.45) is 0. The van der Waals surface area contributed by atoms with Crippen molar-refractivity contribution in [1.29, 1.82) is 5.26 Å². The molecule has 0 aromatic heterocycles. The molecule has 0 saturated heterocycles. The molecule has 0 fully saturated rings. The maximum Gasteiger partial charge on any atom is 0.349 e. The average molecular weight is 480 g/mol. The predicted molar refractivity (Wildman–Crippen MR) is 94.5 cm³/mol. The second kappa shape index (κ2) is 7.54. The number of methoxy groups -OCH3 is 1. The van der Waals surface area contributed by atoms with Gasteiger partial charge in [0, 0.05) is 0 Å². The van der Waals surface area contributed by atoms with Crippen LogP contribution in [-0.2, 0) is 0 Å². The molecular formula is C15H7Br2Cl2NO3. The van der Waals surface area contributed by atoms with Crippen molar-refractivity contribution >= 4 is 61.0 Å². The number of halogens is 4. The summed E-state index contributed by atoms with van der Waals surface area (Å²) in [6, 6.07) is 8.06. The van der Waals surface area contributed by atoms with Gasteiger partial charge in [0.2, 0.25) is 0 Å². The van der Waals surface area contributed by atoms with Crippen LogP contribution in [0.5, 0.6) is 11.5 Å². The van der Waals surface area contributed by atoms with Crippen LogP contribution >= 0.6 is 55.1 Å². The Bertz CT molecular complexity index is 811. The van der Waals surface area contributed by atoms with Gasteiger partial charge in [-0.2, -0.15) is 5.26 Å². The molecule has 0 amide bonds. The standard InChI is InChI=1S/C15H7Br2Cl2NO3/c1-22-14-11(19)3-2-10(18)12(14)15(21)23-13-8(16)4-7(6-20)5-9(13)17/h2-5H,1H3. The van der Waals surface area contributed by atoms with Crippen molar-refractivity contribution in [2.24, 2.45) is 0 Å². The lowest BCUT2D eigenvalue weighted by Crippen LogP contribution is -2.12. The Morgan fingerprint density at radius 3 is 2.22 bits per heavy atom. The second-order valence-corrected chi connectivity index (χ2v) is 6.73. The van der Waals surface area contributed by atoms with Crippen LogP contribution in [0, 0.1) is 11.3 Å². The Morgan fingerprint density at radius 1 is 1.13 bits per heavy atom. The summed E-state index contributed by atoms with van der Waals surface area (Å²) in [5.41, 5.74) is 0.423. The van der Waals surface area contributed by atoms with Crippen LogP contribution in [0.25, 0.3) is 0 Å². The van der Waals surface area contributed by atoms with Crippen molar-refractivity contribution in [3.8, 4) is 17.6 Å². The first kappa shape index (κ1) is 18.1. The lowest BCUT2D eigenvalue weighted by atomic mass is 10.2. The molecule has 0 N–H and O–H groups in total. The zero-order valence-electron chi connectivity index (χ0n) is 11.5. The van der Waals surface area contributed by atoms with Gasteiger partial charge in [-0.15, -0.1) is 0 Å². The fraction of sp³-hybridized carbons (Fsp3) is 0.0667. The highest BCUT2D eigenvalue weighted by molar-refractivity contribution is 9.11. The zero-order valence-corrected chi connectivity index (χ0v) is 16.2. The minimum absolute atomic E-state index is 0.0184. The van der Waals surface area contributed by atoms with Gasteiger partial charge < -0.3 is 9.47 Å². The first-order valence-electron chi connectivity index (χ1n) is 6.02. The van der Waals surface area contributed by atoms with Gasteiger partial charge in [0.15, 0.2) is 11.5 Å². The molecule has 0 unspecified atom stereocenters. The summed E-state index contributed by atoms with van der Waals surface area (Å²) in [6.45, 7) is 0. The molecule has 2 aromatic carbocycles. The number of rotatable bonds is 3. The molecule has 0 atom stereocenters. The first-order chi connectivity index (χ1) is 10.9. The van der Waals surface area contributed by atoms with Crippen LogP contribution in [0.1, 0.15) is 15.9 Å². The van der Waals surface area contributed by atoms with E-state index >= 15 is 0 Å². The summed E-state index contributed by atoms with van der Waals surface area (Å²) < 4.78 is 11.4. The second-order valence-electron chi connectivity index (χ2n) is 4.21. The van der Waals surface area contributed by atoms with Crippen LogP contribution in [0.3, 0.4) is 0 Å². The van der Waals surface area contributed by atoms with Crippen molar-refractivity contribution in [3.63, 3.8) is 0 Å². The lowest BCUT2D eigenvalue weighted by Gasteiger charge is -2.13. The molecule has 0 radical (unpaired) electrons. The Labute approximate surface area is 159 Å². The third-order valence-corrected chi connectivity index (χ3v) is 4.58. The van der Waals surface area contributed by atoms with Crippen molar-refractivity contribution in [2.45, 2.75) is 0 Å². The van der Waals surface area contributed by atoms with E-state index in [2.05, 4.69) is 31.9 Å². The summed E-state index contributed by atoms with van der Waals surface area (Å²) in [7, 11) is 1.38. The predicted octanol–water partition coefficient (Wildman–Crippen LogP) is 5.62. The molecule has 0 saturated carbocycles. The number of ether oxygens (including phenoxy) is 2. The minimum atomic E-state index is -0.736. The highest BCUT2D eigenvalue weighted by Gasteiger charge is 2.23. The van der Waals surface area contributed by atoms with E-state index in [1.807, 2.05) is 6.07 Å². The first-order valence-corrected chi connectivity index (χ1v) is 8.36. The molecule has 4 nitrogen and oxygen atoms in total. The third-order valence-electron chi connectivity index (χ3n) is 2.79. The largest absolute Gasteiger partial charge is 0.494 e. The van der Waals surface area contributed by atoms with Crippen molar-refractivity contribution in [2.75, 3.05) is 7.11 Å². The quantitative estimate of drug-likeness (QED) is 0.423. The van der Waals surface area contributed by atoms with Crippen LogP contribution < -0.4 is 9.47 Å². The normalized spacial score (nSPS) is 10.1. The fourth-order valence-electron chi connectivity index (χ4n) is 1.79. The molecule has 118 valence electrons. The number of benzene rings is 2.